The first-order valence-corrected chi connectivity index (χ1v) is 13.9. The first-order valence-electron chi connectivity index (χ1n) is 11.2. The molecule has 1 amide bonds. The lowest BCUT2D eigenvalue weighted by Crippen LogP contribution is -2.49. The Labute approximate surface area is 219 Å². The Balaban J connectivity index is 1.22. The number of rotatable bonds is 5. The number of ether oxygens (including phenoxy) is 1. The van der Waals surface area contributed by atoms with Crippen LogP contribution in [0.1, 0.15) is 5.56 Å². The number of benzene rings is 3. The highest BCUT2D eigenvalue weighted by molar-refractivity contribution is 8.18. The van der Waals surface area contributed by atoms with Crippen LogP contribution in [-0.2, 0) is 14.8 Å². The quantitative estimate of drug-likeness (QED) is 0.419. The van der Waals surface area contributed by atoms with Crippen molar-refractivity contribution in [1.82, 2.24) is 9.21 Å². The number of sulfonamides is 1. The van der Waals surface area contributed by atoms with Crippen LogP contribution in [0.4, 0.5) is 0 Å². The largest absolute Gasteiger partial charge is 0.457 e. The summed E-state index contributed by atoms with van der Waals surface area (Å²) in [5, 5.41) is 1.07. The van der Waals surface area contributed by atoms with E-state index < -0.39 is 10.0 Å². The number of aliphatic imine (C=N–C) groups is 1. The molecule has 0 N–H and O–H groups in total. The molecule has 2 aliphatic heterocycles. The van der Waals surface area contributed by atoms with Gasteiger partial charge in [0.1, 0.15) is 11.5 Å². The molecule has 0 bridgehead atoms. The van der Waals surface area contributed by atoms with Crippen LogP contribution in [0.2, 0.25) is 5.02 Å². The van der Waals surface area contributed by atoms with Crippen LogP contribution >= 0.6 is 23.4 Å². The lowest BCUT2D eigenvalue weighted by atomic mass is 10.2. The molecule has 0 unspecified atom stereocenters. The smallest absolute Gasteiger partial charge is 0.286 e. The fourth-order valence-electron chi connectivity index (χ4n) is 3.85. The third kappa shape index (κ3) is 5.49. The third-order valence-corrected chi connectivity index (χ3v) is 8.91. The van der Waals surface area contributed by atoms with Gasteiger partial charge in [0.05, 0.1) is 9.80 Å². The van der Waals surface area contributed by atoms with Gasteiger partial charge in [-0.1, -0.05) is 41.9 Å². The summed E-state index contributed by atoms with van der Waals surface area (Å²) in [7, 11) is -3.60. The van der Waals surface area contributed by atoms with E-state index in [2.05, 4.69) is 4.99 Å². The van der Waals surface area contributed by atoms with Gasteiger partial charge < -0.3 is 9.64 Å². The van der Waals surface area contributed by atoms with Gasteiger partial charge in [-0.3, -0.25) is 4.79 Å². The Bertz CT molecular complexity index is 1430. The molecule has 10 heteroatoms. The number of amidine groups is 1. The maximum atomic E-state index is 12.9. The Morgan fingerprint density at radius 1 is 0.889 bits per heavy atom. The van der Waals surface area contributed by atoms with Crippen LogP contribution < -0.4 is 4.74 Å². The zero-order valence-corrected chi connectivity index (χ0v) is 21.5. The van der Waals surface area contributed by atoms with Gasteiger partial charge in [0.25, 0.3) is 5.91 Å². The number of nitrogens with zero attached hydrogens (tertiary/aromatic N) is 3. The number of carbonyl (C=O) groups excluding carboxylic acids is 1. The molecule has 0 atom stereocenters. The van der Waals surface area contributed by atoms with Crippen molar-refractivity contribution in [2.24, 2.45) is 4.99 Å². The van der Waals surface area contributed by atoms with Crippen molar-refractivity contribution in [1.29, 1.82) is 0 Å². The van der Waals surface area contributed by atoms with E-state index in [4.69, 9.17) is 16.3 Å². The molecule has 0 radical (unpaired) electrons. The standard InChI is InChI=1S/C26H22ClN3O4S2/c27-20-9-11-23(12-10-20)36(32,33)30-15-13-29(14-16-30)26-28-25(31)24(35-26)18-19-5-4-8-22(17-19)34-21-6-2-1-3-7-21/h1-12,17-18H,13-16H2/b24-18-. The summed E-state index contributed by atoms with van der Waals surface area (Å²) in [5.74, 6) is 1.10. The Kier molecular flexibility index (Phi) is 7.15. The summed E-state index contributed by atoms with van der Waals surface area (Å²) >= 11 is 7.19. The molecule has 2 heterocycles. The van der Waals surface area contributed by atoms with E-state index in [0.717, 1.165) is 11.3 Å². The van der Waals surface area contributed by atoms with Crippen LogP contribution in [0.5, 0.6) is 11.5 Å². The second-order valence-corrected chi connectivity index (χ2v) is 11.5. The maximum Gasteiger partial charge on any atom is 0.286 e. The Hall–Kier alpha value is -3.11. The Morgan fingerprint density at radius 2 is 1.58 bits per heavy atom. The summed E-state index contributed by atoms with van der Waals surface area (Å²) < 4.78 is 33.2. The van der Waals surface area contributed by atoms with Crippen LogP contribution in [-0.4, -0.2) is 54.9 Å². The zero-order valence-electron chi connectivity index (χ0n) is 19.1. The van der Waals surface area contributed by atoms with Crippen molar-refractivity contribution in [3.8, 4) is 11.5 Å². The van der Waals surface area contributed by atoms with Crippen LogP contribution in [0.3, 0.4) is 0 Å². The highest BCUT2D eigenvalue weighted by atomic mass is 35.5. The molecule has 0 aliphatic carbocycles. The van der Waals surface area contributed by atoms with Crippen molar-refractivity contribution in [2.75, 3.05) is 26.2 Å². The van der Waals surface area contributed by atoms with E-state index in [1.165, 1.54) is 28.2 Å². The SMILES string of the molecule is O=C1N=C(N2CCN(S(=O)(=O)c3ccc(Cl)cc3)CC2)S/C1=C\c1cccc(Oc2ccccc2)c1. The average Bonchev–Trinajstić information content (AvgIpc) is 3.25. The number of carbonyl (C=O) groups is 1. The lowest BCUT2D eigenvalue weighted by Gasteiger charge is -2.34. The second kappa shape index (κ2) is 10.5. The highest BCUT2D eigenvalue weighted by Gasteiger charge is 2.32. The van der Waals surface area contributed by atoms with Crippen LogP contribution in [0.15, 0.2) is 93.7 Å². The van der Waals surface area contributed by atoms with Gasteiger partial charge in [0, 0.05) is 31.2 Å². The fraction of sp³-hybridized carbons (Fsp3) is 0.154. The van der Waals surface area contributed by atoms with Crippen molar-refractivity contribution in [3.63, 3.8) is 0 Å². The molecular weight excluding hydrogens is 518 g/mol. The molecule has 7 nitrogen and oxygen atoms in total. The first-order chi connectivity index (χ1) is 17.4. The molecule has 1 saturated heterocycles. The molecule has 5 rings (SSSR count). The Morgan fingerprint density at radius 3 is 2.31 bits per heavy atom. The van der Waals surface area contributed by atoms with Crippen molar-refractivity contribution in [3.05, 3.63) is 94.4 Å². The zero-order chi connectivity index (χ0) is 25.1. The average molecular weight is 540 g/mol. The van der Waals surface area contributed by atoms with Crippen LogP contribution in [0, 0.1) is 0 Å². The highest BCUT2D eigenvalue weighted by Crippen LogP contribution is 2.32. The molecule has 36 heavy (non-hydrogen) atoms. The molecule has 3 aromatic carbocycles. The minimum Gasteiger partial charge on any atom is -0.457 e. The molecule has 2 aliphatic rings. The predicted molar refractivity (Wildman–Crippen MR) is 143 cm³/mol. The summed E-state index contributed by atoms with van der Waals surface area (Å²) in [6, 6.07) is 23.1. The third-order valence-electron chi connectivity index (χ3n) is 5.70. The number of thioether (sulfide) groups is 1. The van der Waals surface area contributed by atoms with E-state index in [1.807, 2.05) is 59.5 Å². The number of para-hydroxylation sites is 1. The molecular formula is C26H22ClN3O4S2. The van der Waals surface area contributed by atoms with E-state index in [0.29, 0.717) is 47.0 Å². The van der Waals surface area contributed by atoms with Crippen molar-refractivity contribution < 1.29 is 17.9 Å². The van der Waals surface area contributed by atoms with Gasteiger partial charge in [-0.25, -0.2) is 8.42 Å². The second-order valence-electron chi connectivity index (χ2n) is 8.14. The normalized spacial score (nSPS) is 17.9. The topological polar surface area (TPSA) is 79.3 Å². The van der Waals surface area contributed by atoms with Gasteiger partial charge in [-0.2, -0.15) is 9.30 Å². The summed E-state index contributed by atoms with van der Waals surface area (Å²) in [6.45, 7) is 1.49. The van der Waals surface area contributed by atoms with Gasteiger partial charge in [0.15, 0.2) is 5.17 Å². The molecule has 184 valence electrons. The number of hydrogen-bond acceptors (Lipinski definition) is 6. The van der Waals surface area contributed by atoms with Crippen molar-refractivity contribution >= 4 is 50.5 Å². The summed E-state index contributed by atoms with van der Waals surface area (Å²) in [4.78, 5) is 19.5. The van der Waals surface area contributed by atoms with Gasteiger partial charge >= 0.3 is 0 Å². The molecule has 0 aromatic heterocycles. The van der Waals surface area contributed by atoms with Crippen LogP contribution in [0.25, 0.3) is 6.08 Å². The predicted octanol–water partition coefficient (Wildman–Crippen LogP) is 5.11. The minimum absolute atomic E-state index is 0.215. The van der Waals surface area contributed by atoms with E-state index >= 15 is 0 Å². The van der Waals surface area contributed by atoms with Gasteiger partial charge in [0.2, 0.25) is 10.0 Å². The number of piperazine rings is 1. The first kappa shape index (κ1) is 24.6. The minimum atomic E-state index is -3.60. The van der Waals surface area contributed by atoms with E-state index in [1.54, 1.807) is 18.2 Å². The van der Waals surface area contributed by atoms with Crippen molar-refractivity contribution in [2.45, 2.75) is 4.90 Å². The number of hydrogen-bond donors (Lipinski definition) is 0. The summed E-state index contributed by atoms with van der Waals surface area (Å²) in [5.41, 5.74) is 0.828. The lowest BCUT2D eigenvalue weighted by molar-refractivity contribution is -0.113. The van der Waals surface area contributed by atoms with Gasteiger partial charge in [-0.05, 0) is 71.9 Å². The van der Waals surface area contributed by atoms with E-state index in [-0.39, 0.29) is 10.8 Å². The van der Waals surface area contributed by atoms with E-state index in [9.17, 15) is 13.2 Å². The molecule has 3 aromatic rings. The molecule has 0 saturated carbocycles. The summed E-state index contributed by atoms with van der Waals surface area (Å²) in [6.07, 6.45) is 1.79. The molecule has 0 spiro atoms. The monoisotopic (exact) mass is 539 g/mol. The fourth-order valence-corrected chi connectivity index (χ4v) is 6.37. The number of amides is 1. The number of halogens is 1. The maximum absolute atomic E-state index is 12.9. The molecule has 1 fully saturated rings. The van der Waals surface area contributed by atoms with Gasteiger partial charge in [-0.15, -0.1) is 0 Å².